The van der Waals surface area contributed by atoms with E-state index in [1.807, 2.05) is 0 Å². The summed E-state index contributed by atoms with van der Waals surface area (Å²) in [6, 6.07) is -1.26. The average molecular weight is 576 g/mol. The van der Waals surface area contributed by atoms with Gasteiger partial charge in [0.25, 0.3) is 0 Å². The second-order valence-electron chi connectivity index (χ2n) is 11.1. The van der Waals surface area contributed by atoms with Gasteiger partial charge in [-0.05, 0) is 26.2 Å². The smallest absolute Gasteiger partial charge is 0.220 e. The monoisotopic (exact) mass is 575 g/mol. The van der Waals surface area contributed by atoms with Crippen molar-refractivity contribution >= 4 is 36.2 Å². The molecule has 6 unspecified atom stereocenters. The summed E-state index contributed by atoms with van der Waals surface area (Å²) in [6.07, 6.45) is 12.8. The number of aliphatic hydroxyl groups is 2. The minimum absolute atomic E-state index is 0.101. The number of carbonyl (C=O) groups excluding carboxylic acids is 2. The topological polar surface area (TPSA) is 169 Å². The maximum Gasteiger partial charge on any atom is 0.220 e. The molecule has 0 aromatic rings. The van der Waals surface area contributed by atoms with Crippen molar-refractivity contribution in [3.05, 3.63) is 0 Å². The predicted octanol–water partition coefficient (Wildman–Crippen LogP) is 2.37. The minimum atomic E-state index is -1.35. The number of amidine groups is 2. The van der Waals surface area contributed by atoms with Crippen molar-refractivity contribution in [3.8, 4) is 0 Å². The summed E-state index contributed by atoms with van der Waals surface area (Å²) in [5.41, 5.74) is 0. The number of nitrogens with zero attached hydrogens (tertiary/aromatic N) is 4. The van der Waals surface area contributed by atoms with Gasteiger partial charge in [0, 0.05) is 19.4 Å². The standard InChI is InChI=1S/C29H49N7O5/c1-3-4-5-6-7-8-9-10-12-15-21(37)30-17-14-11-13-16-22(38)35-23-20(2)41-29(26(40)25(23)39)36-28-24-27(32-18-31-24)33-19-34-28/h18-20,23-26,29,39-40H,3-17H2,1-2H3,(H,30,37)(H,35,38)(H,31,32,33,34,36). The number of amides is 2. The van der Waals surface area contributed by atoms with E-state index in [-0.39, 0.29) is 18.2 Å². The maximum absolute atomic E-state index is 12.5. The average Bonchev–Trinajstić information content (AvgIpc) is 3.45. The van der Waals surface area contributed by atoms with Crippen LogP contribution in [0.2, 0.25) is 0 Å². The Balaban J connectivity index is 1.24. The zero-order chi connectivity index (χ0) is 29.5. The number of aliphatic imine (C=N–C) groups is 4. The van der Waals surface area contributed by atoms with Gasteiger partial charge in [-0.1, -0.05) is 64.7 Å². The minimum Gasteiger partial charge on any atom is -0.388 e. The zero-order valence-corrected chi connectivity index (χ0v) is 24.6. The number of hydrogen-bond acceptors (Lipinski definition) is 9. The molecule has 0 aliphatic carbocycles. The summed E-state index contributed by atoms with van der Waals surface area (Å²) in [5, 5.41) is 30.0. The molecule has 3 heterocycles. The molecule has 0 aromatic heterocycles. The Kier molecular flexibility index (Phi) is 14.4. The molecule has 1 fully saturated rings. The van der Waals surface area contributed by atoms with Crippen LogP contribution < -0.4 is 16.0 Å². The Labute approximate surface area is 243 Å². The maximum atomic E-state index is 12.5. The molecule has 12 heteroatoms. The zero-order valence-electron chi connectivity index (χ0n) is 24.6. The van der Waals surface area contributed by atoms with Crippen LogP contribution in [0.25, 0.3) is 0 Å². The van der Waals surface area contributed by atoms with E-state index in [1.54, 1.807) is 6.92 Å². The van der Waals surface area contributed by atoms with Gasteiger partial charge < -0.3 is 30.9 Å². The van der Waals surface area contributed by atoms with Crippen molar-refractivity contribution in [2.75, 3.05) is 6.54 Å². The van der Waals surface area contributed by atoms with Gasteiger partial charge in [0.1, 0.15) is 24.4 Å². The van der Waals surface area contributed by atoms with Crippen LogP contribution >= 0.6 is 0 Å². The lowest BCUT2D eigenvalue weighted by molar-refractivity contribution is -0.178. The van der Waals surface area contributed by atoms with Crippen molar-refractivity contribution in [1.29, 1.82) is 0 Å². The molecule has 0 bridgehead atoms. The van der Waals surface area contributed by atoms with Gasteiger partial charge in [0.15, 0.2) is 18.1 Å². The van der Waals surface area contributed by atoms with Gasteiger partial charge in [-0.3, -0.25) is 14.6 Å². The lowest BCUT2D eigenvalue weighted by atomic mass is 9.96. The molecular weight excluding hydrogens is 526 g/mol. The van der Waals surface area contributed by atoms with Crippen LogP contribution in [0.5, 0.6) is 0 Å². The van der Waals surface area contributed by atoms with E-state index < -0.39 is 36.6 Å². The third-order valence-corrected chi connectivity index (χ3v) is 7.69. The second kappa shape index (κ2) is 18.0. The molecule has 0 saturated carbocycles. The van der Waals surface area contributed by atoms with Crippen LogP contribution in [0.4, 0.5) is 0 Å². The van der Waals surface area contributed by atoms with Crippen molar-refractivity contribution in [3.63, 3.8) is 0 Å². The first kappa shape index (κ1) is 32.8. The number of nitrogens with one attached hydrogen (secondary N) is 3. The summed E-state index contributed by atoms with van der Waals surface area (Å²) in [5.74, 6) is 0.783. The van der Waals surface area contributed by atoms with Crippen LogP contribution in [0.3, 0.4) is 0 Å². The first-order valence-electron chi connectivity index (χ1n) is 15.4. The first-order chi connectivity index (χ1) is 19.9. The van der Waals surface area contributed by atoms with Crippen LogP contribution in [0, 0.1) is 0 Å². The Morgan fingerprint density at radius 2 is 1.61 bits per heavy atom. The molecule has 3 rings (SSSR count). The Bertz CT molecular complexity index is 954. The molecule has 0 aromatic carbocycles. The largest absolute Gasteiger partial charge is 0.388 e. The third-order valence-electron chi connectivity index (χ3n) is 7.69. The number of aliphatic hydroxyl groups excluding tert-OH is 2. The van der Waals surface area contributed by atoms with Gasteiger partial charge in [-0.25, -0.2) is 15.0 Å². The van der Waals surface area contributed by atoms with Gasteiger partial charge in [-0.2, -0.15) is 0 Å². The molecule has 0 spiro atoms. The van der Waals surface area contributed by atoms with E-state index in [9.17, 15) is 19.8 Å². The number of ether oxygens (including phenoxy) is 1. The normalized spacial score (nSPS) is 27.8. The number of carbonyl (C=O) groups is 2. The predicted molar refractivity (Wildman–Crippen MR) is 160 cm³/mol. The quantitative estimate of drug-likeness (QED) is 0.157. The Hall–Kier alpha value is -2.70. The van der Waals surface area contributed by atoms with E-state index in [4.69, 9.17) is 4.74 Å². The number of hydrogen-bond donors (Lipinski definition) is 5. The van der Waals surface area contributed by atoms with Crippen LogP contribution in [-0.4, -0.2) is 89.5 Å². The van der Waals surface area contributed by atoms with E-state index in [0.717, 1.165) is 25.7 Å². The molecule has 2 amide bonds. The summed E-state index contributed by atoms with van der Waals surface area (Å²) < 4.78 is 5.84. The molecule has 6 atom stereocenters. The summed E-state index contributed by atoms with van der Waals surface area (Å²) >= 11 is 0. The number of fused-ring (bicyclic) bond motifs is 1. The molecule has 3 aliphatic rings. The van der Waals surface area contributed by atoms with Gasteiger partial charge in [0.2, 0.25) is 11.8 Å². The highest BCUT2D eigenvalue weighted by atomic mass is 16.5. The van der Waals surface area contributed by atoms with Crippen molar-refractivity contribution in [2.45, 2.75) is 140 Å². The molecule has 3 aliphatic heterocycles. The molecule has 0 radical (unpaired) electrons. The number of unbranched alkanes of at least 4 members (excludes halogenated alkanes) is 10. The summed E-state index contributed by atoms with van der Waals surface area (Å²) in [7, 11) is 0. The fourth-order valence-corrected chi connectivity index (χ4v) is 5.19. The van der Waals surface area contributed by atoms with Gasteiger partial charge in [0.05, 0.1) is 18.5 Å². The van der Waals surface area contributed by atoms with E-state index in [0.29, 0.717) is 31.1 Å². The van der Waals surface area contributed by atoms with Gasteiger partial charge >= 0.3 is 0 Å². The molecule has 1 saturated heterocycles. The van der Waals surface area contributed by atoms with E-state index >= 15 is 0 Å². The highest BCUT2D eigenvalue weighted by Gasteiger charge is 2.44. The van der Waals surface area contributed by atoms with Crippen molar-refractivity contribution < 1.29 is 24.5 Å². The first-order valence-corrected chi connectivity index (χ1v) is 15.4. The van der Waals surface area contributed by atoms with E-state index in [1.165, 1.54) is 57.6 Å². The fraction of sp³-hybridized carbons (Fsp3) is 0.793. The van der Waals surface area contributed by atoms with E-state index in [2.05, 4.69) is 42.8 Å². The summed E-state index contributed by atoms with van der Waals surface area (Å²) in [4.78, 5) is 41.4. The van der Waals surface area contributed by atoms with Crippen molar-refractivity contribution in [2.24, 2.45) is 20.0 Å². The van der Waals surface area contributed by atoms with Crippen LogP contribution in [0.15, 0.2) is 20.0 Å². The van der Waals surface area contributed by atoms with Crippen LogP contribution in [-0.2, 0) is 14.3 Å². The van der Waals surface area contributed by atoms with Crippen molar-refractivity contribution in [1.82, 2.24) is 16.0 Å². The SMILES string of the molecule is CCCCCCCCCCCC(=O)NCCCCCC(=O)NC1C(C)OC(/N=C2\N=CNC3=NC=NC32)C(O)C1O. The lowest BCUT2D eigenvalue weighted by Crippen LogP contribution is -2.62. The molecule has 230 valence electrons. The Morgan fingerprint density at radius 3 is 2.34 bits per heavy atom. The second-order valence-corrected chi connectivity index (χ2v) is 11.1. The summed E-state index contributed by atoms with van der Waals surface area (Å²) in [6.45, 7) is 4.56. The molecule has 41 heavy (non-hydrogen) atoms. The van der Waals surface area contributed by atoms with Crippen LogP contribution in [0.1, 0.15) is 104 Å². The molecule has 12 nitrogen and oxygen atoms in total. The fourth-order valence-electron chi connectivity index (χ4n) is 5.19. The third kappa shape index (κ3) is 10.9. The Morgan fingerprint density at radius 1 is 0.951 bits per heavy atom. The molecular formula is C29H49N7O5. The lowest BCUT2D eigenvalue weighted by Gasteiger charge is -2.40. The molecule has 5 N–H and O–H groups in total. The highest BCUT2D eigenvalue weighted by Crippen LogP contribution is 2.23. The van der Waals surface area contributed by atoms with Gasteiger partial charge in [-0.15, -0.1) is 0 Å². The number of rotatable bonds is 18. The highest BCUT2D eigenvalue weighted by molar-refractivity contribution is 6.21.